The molecule has 0 bridgehead atoms. The molecule has 0 saturated carbocycles. The molecule has 4 N–H and O–H groups in total. The van der Waals surface area contributed by atoms with Crippen molar-refractivity contribution in [1.29, 1.82) is 0 Å². The lowest BCUT2D eigenvalue weighted by atomic mass is 10.3. The first-order valence-electron chi connectivity index (χ1n) is 6.62. The van der Waals surface area contributed by atoms with Gasteiger partial charge in [0.2, 0.25) is 0 Å². The lowest BCUT2D eigenvalue weighted by Crippen LogP contribution is -2.41. The minimum absolute atomic E-state index is 0.0575. The monoisotopic (exact) mass is 296 g/mol. The molecule has 0 aromatic heterocycles. The third-order valence-corrected chi connectivity index (χ3v) is 2.69. The average molecular weight is 296 g/mol. The lowest BCUT2D eigenvalue weighted by molar-refractivity contribution is -0.171. The van der Waals surface area contributed by atoms with E-state index in [1.807, 2.05) is 0 Å². The molecule has 1 aliphatic heterocycles. The Morgan fingerprint density at radius 1 is 0.850 bits per heavy atom. The topological polar surface area (TPSA) is 118 Å². The highest BCUT2D eigenvalue weighted by atomic mass is 16.6. The molecular weight excluding hydrogens is 272 g/mol. The van der Waals surface area contributed by atoms with Crippen LogP contribution in [0.3, 0.4) is 0 Å². The van der Waals surface area contributed by atoms with Crippen LogP contribution in [0.5, 0.6) is 0 Å². The minimum atomic E-state index is -0.876. The summed E-state index contributed by atoms with van der Waals surface area (Å²) in [5, 5.41) is 35.4. The lowest BCUT2D eigenvalue weighted by Gasteiger charge is -2.29. The summed E-state index contributed by atoms with van der Waals surface area (Å²) in [5.41, 5.74) is 0. The van der Waals surface area contributed by atoms with Gasteiger partial charge < -0.3 is 39.4 Å². The fourth-order valence-electron chi connectivity index (χ4n) is 1.55. The smallest absolute Gasteiger partial charge is 0.104 e. The van der Waals surface area contributed by atoms with Gasteiger partial charge in [-0.25, -0.2) is 0 Å². The van der Waals surface area contributed by atoms with Gasteiger partial charge in [-0.3, -0.25) is 0 Å². The Bertz CT molecular complexity index is 207. The molecule has 0 aromatic carbocycles. The van der Waals surface area contributed by atoms with Crippen LogP contribution in [0.4, 0.5) is 0 Å². The van der Waals surface area contributed by atoms with E-state index in [1.165, 1.54) is 0 Å². The summed E-state index contributed by atoms with van der Waals surface area (Å²) in [7, 11) is 0. The molecule has 0 spiro atoms. The normalized spacial score (nSPS) is 26.4. The number of aliphatic hydroxyl groups is 4. The van der Waals surface area contributed by atoms with Gasteiger partial charge >= 0.3 is 0 Å². The molecule has 1 heterocycles. The zero-order valence-corrected chi connectivity index (χ0v) is 11.4. The fraction of sp³-hybridized carbons (Fsp3) is 1.00. The number of hydrogen-bond acceptors (Lipinski definition) is 8. The van der Waals surface area contributed by atoms with Crippen LogP contribution in [-0.2, 0) is 18.9 Å². The van der Waals surface area contributed by atoms with Crippen LogP contribution in [0, 0.1) is 0 Å². The van der Waals surface area contributed by atoms with Crippen molar-refractivity contribution in [2.24, 2.45) is 0 Å². The highest BCUT2D eigenvalue weighted by molar-refractivity contribution is 4.68. The Morgan fingerprint density at radius 2 is 1.25 bits per heavy atom. The van der Waals surface area contributed by atoms with Crippen LogP contribution in [-0.4, -0.2) is 97.7 Å². The molecule has 1 aliphatic rings. The Labute approximate surface area is 117 Å². The Hall–Kier alpha value is -0.320. The molecule has 4 atom stereocenters. The van der Waals surface area contributed by atoms with Crippen molar-refractivity contribution in [2.45, 2.75) is 24.4 Å². The molecule has 0 aromatic rings. The molecule has 8 nitrogen and oxygen atoms in total. The second-order valence-electron chi connectivity index (χ2n) is 4.66. The number of aliphatic hydroxyl groups excluding tert-OH is 4. The van der Waals surface area contributed by atoms with Crippen LogP contribution in [0.25, 0.3) is 0 Å². The predicted molar refractivity (Wildman–Crippen MR) is 67.3 cm³/mol. The third kappa shape index (κ3) is 7.46. The molecule has 1 saturated heterocycles. The first kappa shape index (κ1) is 17.7. The third-order valence-electron chi connectivity index (χ3n) is 2.69. The maximum Gasteiger partial charge on any atom is 0.104 e. The van der Waals surface area contributed by atoms with Gasteiger partial charge in [0.25, 0.3) is 0 Å². The number of ether oxygens (including phenoxy) is 4. The second-order valence-corrected chi connectivity index (χ2v) is 4.66. The van der Waals surface area contributed by atoms with E-state index >= 15 is 0 Å². The van der Waals surface area contributed by atoms with Crippen molar-refractivity contribution in [3.05, 3.63) is 0 Å². The maximum absolute atomic E-state index is 9.09. The van der Waals surface area contributed by atoms with E-state index in [9.17, 15) is 0 Å². The van der Waals surface area contributed by atoms with Gasteiger partial charge in [0.1, 0.15) is 24.4 Å². The summed E-state index contributed by atoms with van der Waals surface area (Å²) >= 11 is 0. The van der Waals surface area contributed by atoms with E-state index in [1.54, 1.807) is 0 Å². The summed E-state index contributed by atoms with van der Waals surface area (Å²) < 4.78 is 21.4. The predicted octanol–water partition coefficient (Wildman–Crippen LogP) is -2.49. The molecule has 1 fully saturated rings. The van der Waals surface area contributed by atoms with E-state index in [0.717, 1.165) is 0 Å². The van der Waals surface area contributed by atoms with Gasteiger partial charge in [-0.1, -0.05) is 0 Å². The van der Waals surface area contributed by atoms with Crippen molar-refractivity contribution in [3.63, 3.8) is 0 Å². The molecule has 4 unspecified atom stereocenters. The molecule has 8 heteroatoms. The summed E-state index contributed by atoms with van der Waals surface area (Å²) in [6.45, 7) is 0.728. The largest absolute Gasteiger partial charge is 0.394 e. The molecule has 1 rings (SSSR count). The van der Waals surface area contributed by atoms with Crippen molar-refractivity contribution >= 4 is 0 Å². The van der Waals surface area contributed by atoms with Gasteiger partial charge in [0.05, 0.1) is 52.9 Å². The van der Waals surface area contributed by atoms with E-state index in [0.29, 0.717) is 13.2 Å². The fourth-order valence-corrected chi connectivity index (χ4v) is 1.55. The first-order valence-corrected chi connectivity index (χ1v) is 6.62. The highest BCUT2D eigenvalue weighted by Gasteiger charge is 2.23. The zero-order chi connectivity index (χ0) is 14.8. The Kier molecular flexibility index (Phi) is 9.23. The summed E-state index contributed by atoms with van der Waals surface area (Å²) in [6.07, 6.45) is -2.17. The number of hydrogen-bond donors (Lipinski definition) is 4. The van der Waals surface area contributed by atoms with E-state index in [2.05, 4.69) is 0 Å². The number of rotatable bonds is 10. The summed E-state index contributed by atoms with van der Waals surface area (Å²) in [4.78, 5) is 0. The van der Waals surface area contributed by atoms with Crippen LogP contribution >= 0.6 is 0 Å². The molecule has 120 valence electrons. The van der Waals surface area contributed by atoms with Gasteiger partial charge in [-0.2, -0.15) is 0 Å². The van der Waals surface area contributed by atoms with Crippen LogP contribution in [0.1, 0.15) is 0 Å². The average Bonchev–Trinajstić information content (AvgIpc) is 2.48. The molecular formula is C12H24O8. The van der Waals surface area contributed by atoms with Crippen molar-refractivity contribution in [2.75, 3.05) is 52.9 Å². The molecule has 20 heavy (non-hydrogen) atoms. The van der Waals surface area contributed by atoms with Gasteiger partial charge in [0.15, 0.2) is 0 Å². The first-order chi connectivity index (χ1) is 9.65. The molecule has 0 amide bonds. The van der Waals surface area contributed by atoms with Gasteiger partial charge in [0, 0.05) is 0 Å². The van der Waals surface area contributed by atoms with E-state index in [4.69, 9.17) is 39.4 Å². The quantitative estimate of drug-likeness (QED) is 0.350. The van der Waals surface area contributed by atoms with Crippen molar-refractivity contribution < 1.29 is 39.4 Å². The zero-order valence-electron chi connectivity index (χ0n) is 11.4. The molecule has 0 radical (unpaired) electrons. The van der Waals surface area contributed by atoms with E-state index in [-0.39, 0.29) is 51.8 Å². The maximum atomic E-state index is 9.09. The van der Waals surface area contributed by atoms with Gasteiger partial charge in [-0.05, 0) is 0 Å². The standard InChI is InChI=1S/C12H24O8/c13-1-9(15)3-17-5-11-7-20-12(8-19-11)6-18-4-10(16)2-14/h9-16H,1-8H2. The molecule has 0 aliphatic carbocycles. The van der Waals surface area contributed by atoms with E-state index < -0.39 is 12.2 Å². The van der Waals surface area contributed by atoms with Crippen LogP contribution < -0.4 is 0 Å². The second kappa shape index (κ2) is 10.4. The summed E-state index contributed by atoms with van der Waals surface area (Å²) in [6, 6.07) is 0. The minimum Gasteiger partial charge on any atom is -0.394 e. The van der Waals surface area contributed by atoms with Crippen LogP contribution in [0.15, 0.2) is 0 Å². The van der Waals surface area contributed by atoms with Crippen molar-refractivity contribution in [3.8, 4) is 0 Å². The Balaban J connectivity index is 2.02. The summed E-state index contributed by atoms with van der Waals surface area (Å²) in [5.74, 6) is 0. The SMILES string of the molecule is OCC(O)COCC1COC(COCC(O)CO)CO1. The van der Waals surface area contributed by atoms with Gasteiger partial charge in [-0.15, -0.1) is 0 Å². The highest BCUT2D eigenvalue weighted by Crippen LogP contribution is 2.08. The van der Waals surface area contributed by atoms with Crippen LogP contribution in [0.2, 0.25) is 0 Å². The Morgan fingerprint density at radius 3 is 1.55 bits per heavy atom. The van der Waals surface area contributed by atoms with Crippen molar-refractivity contribution in [1.82, 2.24) is 0 Å².